The maximum Gasteiger partial charge on any atom is 0.350 e. The Morgan fingerprint density at radius 2 is 2.12 bits per heavy atom. The predicted molar refractivity (Wildman–Crippen MR) is 28.5 cm³/mol. The van der Waals surface area contributed by atoms with Crippen LogP contribution >= 0.6 is 7.60 Å². The Morgan fingerprint density at radius 3 is 2.25 bits per heavy atom. The highest BCUT2D eigenvalue weighted by Gasteiger charge is 2.10. The minimum Gasteiger partial charge on any atom is -0.369 e. The Hall–Kier alpha value is 0.110. The molecule has 0 heterocycles. The highest BCUT2D eigenvalue weighted by atomic mass is 31.2. The molecular weight excluding hydrogens is 131 g/mol. The molecule has 0 aliphatic heterocycles. The van der Waals surface area contributed by atoms with Crippen LogP contribution in [0.5, 0.6) is 0 Å². The van der Waals surface area contributed by atoms with E-state index in [2.05, 4.69) is 4.74 Å². The Balaban J connectivity index is 3.26. The second-order valence-corrected chi connectivity index (χ2v) is 2.87. The van der Waals surface area contributed by atoms with Gasteiger partial charge in [0.2, 0.25) is 0 Å². The van der Waals surface area contributed by atoms with E-state index in [0.717, 1.165) is 0 Å². The van der Waals surface area contributed by atoms with E-state index in [0.29, 0.717) is 6.61 Å². The topological polar surface area (TPSA) is 66.8 Å². The van der Waals surface area contributed by atoms with Gasteiger partial charge in [-0.25, -0.2) is 0 Å². The molecule has 0 saturated carbocycles. The van der Waals surface area contributed by atoms with Gasteiger partial charge in [0, 0.05) is 6.61 Å². The molecule has 0 aliphatic carbocycles. The van der Waals surface area contributed by atoms with Gasteiger partial charge in [-0.3, -0.25) is 4.57 Å². The summed E-state index contributed by atoms with van der Waals surface area (Å²) >= 11 is 0. The number of ether oxygens (including phenoxy) is 1. The molecule has 2 N–H and O–H groups in total. The third kappa shape index (κ3) is 6.11. The summed E-state index contributed by atoms with van der Waals surface area (Å²) < 4.78 is 14.4. The van der Waals surface area contributed by atoms with Crippen molar-refractivity contribution in [3.63, 3.8) is 0 Å². The average molecular weight is 140 g/mol. The van der Waals surface area contributed by atoms with Gasteiger partial charge in [-0.2, -0.15) is 0 Å². The molecule has 4 nitrogen and oxygen atoms in total. The first-order valence-corrected chi connectivity index (χ1v) is 3.98. The van der Waals surface area contributed by atoms with Crippen LogP contribution in [-0.4, -0.2) is 22.7 Å². The smallest absolute Gasteiger partial charge is 0.350 e. The molecule has 0 atom stereocenters. The molecule has 5 heteroatoms. The summed E-state index contributed by atoms with van der Waals surface area (Å²) in [5.41, 5.74) is 0. The molecule has 0 amide bonds. The molecule has 0 radical (unpaired) electrons. The third-order valence-corrected chi connectivity index (χ3v) is 0.983. The van der Waals surface area contributed by atoms with E-state index in [9.17, 15) is 4.57 Å². The van der Waals surface area contributed by atoms with Crippen molar-refractivity contribution in [2.75, 3.05) is 13.0 Å². The lowest BCUT2D eigenvalue weighted by atomic mass is 10.9. The molecule has 0 spiro atoms. The van der Waals surface area contributed by atoms with Gasteiger partial charge in [0.1, 0.15) is 6.35 Å². The van der Waals surface area contributed by atoms with Crippen LogP contribution in [0.15, 0.2) is 0 Å². The lowest BCUT2D eigenvalue weighted by Crippen LogP contribution is -1.93. The minimum absolute atomic E-state index is 0.338. The molecule has 0 saturated heterocycles. The van der Waals surface area contributed by atoms with Crippen LogP contribution in [0.2, 0.25) is 0 Å². The highest BCUT2D eigenvalue weighted by molar-refractivity contribution is 7.51. The van der Waals surface area contributed by atoms with E-state index in [1.54, 1.807) is 6.92 Å². The summed E-state index contributed by atoms with van der Waals surface area (Å²) in [4.78, 5) is 16.3. The fourth-order valence-electron chi connectivity index (χ4n) is 0.210. The summed E-state index contributed by atoms with van der Waals surface area (Å²) in [6.07, 6.45) is -0.469. The van der Waals surface area contributed by atoms with Crippen LogP contribution in [0.3, 0.4) is 0 Å². The van der Waals surface area contributed by atoms with Gasteiger partial charge in [0.25, 0.3) is 0 Å². The Morgan fingerprint density at radius 1 is 1.62 bits per heavy atom. The highest BCUT2D eigenvalue weighted by Crippen LogP contribution is 2.33. The zero-order valence-electron chi connectivity index (χ0n) is 4.57. The van der Waals surface area contributed by atoms with Crippen LogP contribution < -0.4 is 0 Å². The minimum atomic E-state index is -3.90. The first-order chi connectivity index (χ1) is 3.56. The van der Waals surface area contributed by atoms with E-state index < -0.39 is 13.9 Å². The van der Waals surface area contributed by atoms with Gasteiger partial charge in [0.15, 0.2) is 0 Å². The van der Waals surface area contributed by atoms with Crippen molar-refractivity contribution in [3.8, 4) is 0 Å². The summed E-state index contributed by atoms with van der Waals surface area (Å²) in [6, 6.07) is 0. The Kier molecular flexibility index (Phi) is 3.24. The molecule has 0 aromatic carbocycles. The molecule has 0 unspecified atom stereocenters. The molecule has 50 valence electrons. The summed E-state index contributed by atoms with van der Waals surface area (Å²) in [6.45, 7) is 2.01. The van der Waals surface area contributed by atoms with Crippen molar-refractivity contribution < 1.29 is 19.1 Å². The summed E-state index contributed by atoms with van der Waals surface area (Å²) in [5.74, 6) is 0. The van der Waals surface area contributed by atoms with Crippen molar-refractivity contribution >= 4 is 7.60 Å². The van der Waals surface area contributed by atoms with Crippen LogP contribution in [0.25, 0.3) is 0 Å². The second kappa shape index (κ2) is 3.20. The van der Waals surface area contributed by atoms with E-state index in [-0.39, 0.29) is 0 Å². The van der Waals surface area contributed by atoms with Crippen molar-refractivity contribution in [1.29, 1.82) is 0 Å². The van der Waals surface area contributed by atoms with Crippen LogP contribution in [0, 0.1) is 0 Å². The van der Waals surface area contributed by atoms with Crippen molar-refractivity contribution in [2.45, 2.75) is 6.92 Å². The fourth-order valence-corrected chi connectivity index (χ4v) is 0.631. The van der Waals surface area contributed by atoms with Gasteiger partial charge in [0.05, 0.1) is 0 Å². The summed E-state index contributed by atoms with van der Waals surface area (Å²) in [5, 5.41) is 0. The van der Waals surface area contributed by atoms with E-state index in [4.69, 9.17) is 9.79 Å². The fraction of sp³-hybridized carbons (Fsp3) is 1.00. The normalized spacial score (nSPS) is 11.9. The molecule has 0 rings (SSSR count). The molecule has 8 heavy (non-hydrogen) atoms. The maximum atomic E-state index is 9.96. The van der Waals surface area contributed by atoms with Crippen LogP contribution in [0.4, 0.5) is 0 Å². The zero-order valence-corrected chi connectivity index (χ0v) is 5.47. The Bertz CT molecular complexity index is 95.5. The zero-order chi connectivity index (χ0) is 6.62. The predicted octanol–water partition coefficient (Wildman–Crippen LogP) is 0.158. The monoisotopic (exact) mass is 140 g/mol. The molecule has 0 bridgehead atoms. The SMILES string of the molecule is CCOCP(=O)(O)O. The quantitative estimate of drug-likeness (QED) is 0.548. The van der Waals surface area contributed by atoms with Crippen LogP contribution in [-0.2, 0) is 9.30 Å². The standard InChI is InChI=1S/C3H9O4P/c1-2-7-3-8(4,5)6/h2-3H2,1H3,(H2,4,5,6). The van der Waals surface area contributed by atoms with E-state index >= 15 is 0 Å². The van der Waals surface area contributed by atoms with Gasteiger partial charge in [-0.05, 0) is 6.92 Å². The number of hydrogen-bond acceptors (Lipinski definition) is 2. The first kappa shape index (κ1) is 8.11. The Labute approximate surface area is 47.6 Å². The van der Waals surface area contributed by atoms with E-state index in [1.807, 2.05) is 0 Å². The van der Waals surface area contributed by atoms with E-state index in [1.165, 1.54) is 0 Å². The van der Waals surface area contributed by atoms with Crippen molar-refractivity contribution in [1.82, 2.24) is 0 Å². The van der Waals surface area contributed by atoms with Crippen molar-refractivity contribution in [2.24, 2.45) is 0 Å². The first-order valence-electron chi connectivity index (χ1n) is 2.18. The van der Waals surface area contributed by atoms with Gasteiger partial charge < -0.3 is 14.5 Å². The van der Waals surface area contributed by atoms with Gasteiger partial charge in [-0.1, -0.05) is 0 Å². The molecular formula is C3H9O4P. The largest absolute Gasteiger partial charge is 0.369 e. The lowest BCUT2D eigenvalue weighted by Gasteiger charge is -2.00. The average Bonchev–Trinajstić information content (AvgIpc) is 1.59. The lowest BCUT2D eigenvalue weighted by molar-refractivity contribution is 0.170. The third-order valence-electron chi connectivity index (χ3n) is 0.464. The molecule has 0 fully saturated rings. The maximum absolute atomic E-state index is 9.96. The number of rotatable bonds is 3. The van der Waals surface area contributed by atoms with Gasteiger partial charge >= 0.3 is 7.60 Å². The summed E-state index contributed by atoms with van der Waals surface area (Å²) in [7, 11) is -3.90. The number of hydrogen-bond donors (Lipinski definition) is 2. The molecule has 0 aromatic rings. The molecule has 0 aromatic heterocycles. The molecule has 0 aliphatic rings. The van der Waals surface area contributed by atoms with Crippen molar-refractivity contribution in [3.05, 3.63) is 0 Å². The second-order valence-electron chi connectivity index (χ2n) is 1.29. The van der Waals surface area contributed by atoms with Crippen LogP contribution in [0.1, 0.15) is 6.92 Å². The van der Waals surface area contributed by atoms with Gasteiger partial charge in [-0.15, -0.1) is 0 Å².